The minimum absolute atomic E-state index is 1.12. The molecule has 0 spiro atoms. The lowest BCUT2D eigenvalue weighted by Crippen LogP contribution is -2.75. The van der Waals surface area contributed by atoms with E-state index in [-0.39, 0.29) is 0 Å². The van der Waals surface area contributed by atoms with Gasteiger partial charge in [-0.3, -0.25) is 0 Å². The summed E-state index contributed by atoms with van der Waals surface area (Å²) in [5.41, 5.74) is 12.9. The molecule has 0 N–H and O–H groups in total. The van der Waals surface area contributed by atoms with Gasteiger partial charge < -0.3 is 13.7 Å². The van der Waals surface area contributed by atoms with Gasteiger partial charge in [0.15, 0.2) is 8.07 Å². The zero-order chi connectivity index (χ0) is 46.2. The van der Waals surface area contributed by atoms with Gasteiger partial charge in [-0.2, -0.15) is 0 Å². The Morgan fingerprint density at radius 1 is 0.257 bits per heavy atom. The molecule has 328 valence electrons. The Balaban J connectivity index is 1.12. The quantitative estimate of drug-likeness (QED) is 0.107. The largest absolute Gasteiger partial charge is 0.309 e. The van der Waals surface area contributed by atoms with Crippen LogP contribution >= 0.6 is 0 Å². The predicted octanol–water partition coefficient (Wildman–Crippen LogP) is 14.0. The molecule has 0 aliphatic heterocycles. The highest BCUT2D eigenvalue weighted by Gasteiger charge is 2.43. The molecule has 0 amide bonds. The van der Waals surface area contributed by atoms with Crippen LogP contribution in [-0.4, -0.2) is 21.8 Å². The molecule has 11 aromatic carbocycles. The van der Waals surface area contributed by atoms with E-state index in [1.807, 2.05) is 0 Å². The van der Waals surface area contributed by atoms with Crippen LogP contribution < -0.4 is 20.7 Å². The fraction of sp³-hybridized carbons (Fsp3) is 0. The number of hydrogen-bond acceptors (Lipinski definition) is 0. The Morgan fingerprint density at radius 3 is 1.31 bits per heavy atom. The number of rotatable bonds is 8. The molecule has 0 saturated carbocycles. The third-order valence-corrected chi connectivity index (χ3v) is 19.6. The van der Waals surface area contributed by atoms with Crippen LogP contribution in [0, 0.1) is 0 Å². The van der Waals surface area contributed by atoms with Crippen LogP contribution in [0.2, 0.25) is 0 Å². The van der Waals surface area contributed by atoms with E-state index in [2.05, 4.69) is 287 Å². The van der Waals surface area contributed by atoms with Crippen LogP contribution in [0.1, 0.15) is 0 Å². The fourth-order valence-electron chi connectivity index (χ4n) is 11.9. The van der Waals surface area contributed by atoms with Crippen molar-refractivity contribution in [3.63, 3.8) is 0 Å². The molecule has 0 saturated heterocycles. The van der Waals surface area contributed by atoms with Gasteiger partial charge in [0.1, 0.15) is 0 Å². The lowest BCUT2D eigenvalue weighted by Gasteiger charge is -2.35. The summed E-state index contributed by atoms with van der Waals surface area (Å²) in [5, 5.41) is 12.8. The fourth-order valence-corrected chi connectivity index (χ4v) is 16.9. The van der Waals surface area contributed by atoms with Crippen LogP contribution in [0.4, 0.5) is 0 Å². The maximum atomic E-state index is 2.58. The van der Waals surface area contributed by atoms with Gasteiger partial charge in [-0.25, -0.2) is 0 Å². The van der Waals surface area contributed by atoms with E-state index < -0.39 is 8.07 Å². The normalized spacial score (nSPS) is 12.0. The number of para-hydroxylation sites is 4. The van der Waals surface area contributed by atoms with Crippen molar-refractivity contribution in [1.82, 2.24) is 13.7 Å². The number of hydrogen-bond donors (Lipinski definition) is 0. The third kappa shape index (κ3) is 5.94. The first kappa shape index (κ1) is 40.1. The van der Waals surface area contributed by atoms with Crippen molar-refractivity contribution in [1.29, 1.82) is 0 Å². The van der Waals surface area contributed by atoms with Crippen molar-refractivity contribution in [2.24, 2.45) is 0 Å². The molecule has 70 heavy (non-hydrogen) atoms. The minimum Gasteiger partial charge on any atom is -0.309 e. The molecular weight excluding hydrogens is 863 g/mol. The van der Waals surface area contributed by atoms with Crippen molar-refractivity contribution >= 4 is 94.2 Å². The first-order valence-corrected chi connectivity index (χ1v) is 26.2. The minimum atomic E-state index is -2.99. The van der Waals surface area contributed by atoms with Crippen LogP contribution in [0.5, 0.6) is 0 Å². The SMILES string of the molecule is c1ccc(-c2cccc(-n3c4ccc(-n5c6ccccc6c6cccc([Si](c7ccccc7)(c7ccccc7)c7ccccc7)c65)cc4c4c(-n5c6ccccc6c6ccccc65)cccc43)c2)cc1. The molecule has 14 aromatic rings. The zero-order valence-corrected chi connectivity index (χ0v) is 39.3. The summed E-state index contributed by atoms with van der Waals surface area (Å²) in [4.78, 5) is 0. The highest BCUT2D eigenvalue weighted by Crippen LogP contribution is 2.42. The summed E-state index contributed by atoms with van der Waals surface area (Å²) < 4.78 is 7.55. The molecule has 14 rings (SSSR count). The summed E-state index contributed by atoms with van der Waals surface area (Å²) in [6, 6.07) is 101. The van der Waals surface area contributed by atoms with Crippen molar-refractivity contribution in [2.45, 2.75) is 0 Å². The van der Waals surface area contributed by atoms with Gasteiger partial charge in [-0.15, -0.1) is 0 Å². The second kappa shape index (κ2) is 16.1. The Bertz CT molecular complexity index is 4130. The smallest absolute Gasteiger partial charge is 0.181 e. The monoisotopic (exact) mass is 907 g/mol. The van der Waals surface area contributed by atoms with Gasteiger partial charge in [-0.05, 0) is 92.5 Å². The Morgan fingerprint density at radius 2 is 0.700 bits per heavy atom. The molecule has 0 fully saturated rings. The molecule has 4 heteroatoms. The predicted molar refractivity (Wildman–Crippen MR) is 299 cm³/mol. The van der Waals surface area contributed by atoms with Crippen molar-refractivity contribution in [3.8, 4) is 28.2 Å². The van der Waals surface area contributed by atoms with Gasteiger partial charge in [0.2, 0.25) is 0 Å². The Kier molecular flexibility index (Phi) is 9.23. The molecular formula is C66H45N3Si. The average Bonchev–Trinajstić information content (AvgIpc) is 4.08. The van der Waals surface area contributed by atoms with Gasteiger partial charge >= 0.3 is 0 Å². The van der Waals surface area contributed by atoms with Gasteiger partial charge in [0, 0.05) is 43.7 Å². The number of nitrogens with zero attached hydrogens (tertiary/aromatic N) is 3. The molecule has 0 radical (unpaired) electrons. The van der Waals surface area contributed by atoms with E-state index in [4.69, 9.17) is 0 Å². The second-order valence-corrected chi connectivity index (χ2v) is 22.2. The Hall–Kier alpha value is -8.96. The number of aromatic nitrogens is 3. The number of benzene rings is 11. The van der Waals surface area contributed by atoms with E-state index in [1.165, 1.54) is 86.3 Å². The van der Waals surface area contributed by atoms with Crippen molar-refractivity contribution < 1.29 is 0 Å². The van der Waals surface area contributed by atoms with E-state index in [0.717, 1.165) is 28.1 Å². The van der Waals surface area contributed by atoms with Crippen LogP contribution in [-0.2, 0) is 0 Å². The van der Waals surface area contributed by atoms with Gasteiger partial charge in [0.25, 0.3) is 0 Å². The van der Waals surface area contributed by atoms with Crippen LogP contribution in [0.15, 0.2) is 273 Å². The zero-order valence-electron chi connectivity index (χ0n) is 38.3. The standard InChI is InChI=1S/C66H45N3Si/c1-5-22-46(23-6-1)47-24-19-25-48(44-47)67-61-43-42-49(45-57(61)65-62(67)39-21-40-63(65)69-59-37-17-13-32-53(59)54-33-14-18-38-60(54)69)68-58-36-16-15-34-55(58)56-35-20-41-64(66(56)68)70(50-26-7-2-8-27-50,51-28-9-3-10-29-51)52-30-11-4-12-31-52/h1-45H. The highest BCUT2D eigenvalue weighted by molar-refractivity contribution is 7.20. The van der Waals surface area contributed by atoms with Gasteiger partial charge in [-0.1, -0.05) is 212 Å². The summed E-state index contributed by atoms with van der Waals surface area (Å²) in [6.45, 7) is 0. The van der Waals surface area contributed by atoms with E-state index >= 15 is 0 Å². The first-order chi connectivity index (χ1) is 34.8. The van der Waals surface area contributed by atoms with E-state index in [9.17, 15) is 0 Å². The van der Waals surface area contributed by atoms with Crippen molar-refractivity contribution in [3.05, 3.63) is 273 Å². The maximum Gasteiger partial charge on any atom is 0.181 e. The van der Waals surface area contributed by atoms with Crippen LogP contribution in [0.3, 0.4) is 0 Å². The van der Waals surface area contributed by atoms with Crippen LogP contribution in [0.25, 0.3) is 93.6 Å². The van der Waals surface area contributed by atoms with E-state index in [0.29, 0.717) is 0 Å². The lowest BCUT2D eigenvalue weighted by atomic mass is 10.1. The summed E-state index contributed by atoms with van der Waals surface area (Å²) >= 11 is 0. The topological polar surface area (TPSA) is 14.8 Å². The Labute approximate surface area is 407 Å². The third-order valence-electron chi connectivity index (χ3n) is 14.8. The second-order valence-electron chi connectivity index (χ2n) is 18.4. The molecule has 0 unspecified atom stereocenters. The molecule has 0 bridgehead atoms. The molecule has 0 aliphatic carbocycles. The molecule has 3 aromatic heterocycles. The molecule has 0 atom stereocenters. The summed E-state index contributed by atoms with van der Waals surface area (Å²) in [6.07, 6.45) is 0. The summed E-state index contributed by atoms with van der Waals surface area (Å²) in [7, 11) is -2.99. The molecule has 3 heterocycles. The number of fused-ring (bicyclic) bond motifs is 9. The highest BCUT2D eigenvalue weighted by atomic mass is 28.3. The lowest BCUT2D eigenvalue weighted by molar-refractivity contribution is 1.16. The average molecular weight is 908 g/mol. The van der Waals surface area contributed by atoms with Gasteiger partial charge in [0.05, 0.1) is 38.8 Å². The molecule has 0 aliphatic rings. The first-order valence-electron chi connectivity index (χ1n) is 24.2. The molecule has 3 nitrogen and oxygen atoms in total. The summed E-state index contributed by atoms with van der Waals surface area (Å²) in [5.74, 6) is 0. The van der Waals surface area contributed by atoms with E-state index in [1.54, 1.807) is 0 Å². The maximum absolute atomic E-state index is 2.99. The van der Waals surface area contributed by atoms with Crippen molar-refractivity contribution in [2.75, 3.05) is 0 Å².